The number of nitrogens with zero attached hydrogens (tertiary/aromatic N) is 1. The molecule has 2 heterocycles. The van der Waals surface area contributed by atoms with Crippen LogP contribution in [0.1, 0.15) is 33.8 Å². The number of hydrogen-bond acceptors (Lipinski definition) is 5. The molecule has 0 aromatic heterocycles. The number of amides is 2. The lowest BCUT2D eigenvalue weighted by Gasteiger charge is -2.24. The molecule has 0 saturated carbocycles. The Morgan fingerprint density at radius 3 is 2.53 bits per heavy atom. The lowest BCUT2D eigenvalue weighted by molar-refractivity contribution is -0.115. The summed E-state index contributed by atoms with van der Waals surface area (Å²) in [6, 6.07) is 20.9. The molecule has 3 aromatic rings. The van der Waals surface area contributed by atoms with Crippen molar-refractivity contribution < 1.29 is 19.1 Å². The molecule has 6 nitrogen and oxygen atoms in total. The van der Waals surface area contributed by atoms with Crippen molar-refractivity contribution in [2.24, 2.45) is 0 Å². The van der Waals surface area contributed by atoms with Gasteiger partial charge in [-0.1, -0.05) is 31.2 Å². The minimum Gasteiger partial charge on any atom is -0.454 e. The second kappa shape index (κ2) is 8.59. The van der Waals surface area contributed by atoms with Crippen molar-refractivity contribution in [1.82, 2.24) is 0 Å². The van der Waals surface area contributed by atoms with Gasteiger partial charge in [0, 0.05) is 16.9 Å². The Hall–Kier alpha value is -3.45. The molecule has 1 fully saturated rings. The number of thioether (sulfide) groups is 1. The molecule has 32 heavy (non-hydrogen) atoms. The molecule has 1 N–H and O–H groups in total. The Bertz CT molecular complexity index is 1160. The molecular weight excluding hydrogens is 424 g/mol. The van der Waals surface area contributed by atoms with E-state index in [1.165, 1.54) is 5.56 Å². The molecule has 2 aliphatic rings. The molecule has 3 aromatic carbocycles. The molecule has 162 valence electrons. The summed E-state index contributed by atoms with van der Waals surface area (Å²) < 4.78 is 10.6. The quantitative estimate of drug-likeness (QED) is 0.597. The third-order valence-electron chi connectivity index (χ3n) is 5.58. The molecule has 5 rings (SSSR count). The minimum atomic E-state index is -0.223. The van der Waals surface area contributed by atoms with Gasteiger partial charge < -0.3 is 14.8 Å². The lowest BCUT2D eigenvalue weighted by Crippen LogP contribution is -2.27. The molecule has 0 radical (unpaired) electrons. The van der Waals surface area contributed by atoms with E-state index in [0.717, 1.165) is 17.7 Å². The standard InChI is InChI=1S/C25H22N2O4S/c1-2-16-3-10-20(11-4-16)27-23(28)14-32-25(27)17-5-8-19(9-6-17)26-24(29)18-7-12-21-22(13-18)31-15-30-21/h3-13,25H,2,14-15H2,1H3,(H,26,29). The number of nitrogens with one attached hydrogen (secondary N) is 1. The zero-order valence-corrected chi connectivity index (χ0v) is 18.4. The topological polar surface area (TPSA) is 67.9 Å². The highest BCUT2D eigenvalue weighted by Gasteiger charge is 2.34. The zero-order chi connectivity index (χ0) is 22.1. The summed E-state index contributed by atoms with van der Waals surface area (Å²) in [6.45, 7) is 2.28. The van der Waals surface area contributed by atoms with Crippen LogP contribution in [-0.2, 0) is 11.2 Å². The first-order valence-corrected chi connectivity index (χ1v) is 11.5. The third-order valence-corrected chi connectivity index (χ3v) is 6.79. The predicted molar refractivity (Wildman–Crippen MR) is 125 cm³/mol. The van der Waals surface area contributed by atoms with Crippen LogP contribution >= 0.6 is 11.8 Å². The monoisotopic (exact) mass is 446 g/mol. The van der Waals surface area contributed by atoms with Gasteiger partial charge in [0.2, 0.25) is 12.7 Å². The number of benzene rings is 3. The molecule has 0 bridgehead atoms. The lowest BCUT2D eigenvalue weighted by atomic mass is 10.1. The van der Waals surface area contributed by atoms with Crippen molar-refractivity contribution in [3.8, 4) is 11.5 Å². The maximum Gasteiger partial charge on any atom is 0.255 e. The van der Waals surface area contributed by atoms with E-state index in [-0.39, 0.29) is 24.0 Å². The van der Waals surface area contributed by atoms with Crippen LogP contribution in [0.15, 0.2) is 66.7 Å². The van der Waals surface area contributed by atoms with Crippen LogP contribution in [0, 0.1) is 0 Å². The maximum absolute atomic E-state index is 12.6. The molecule has 2 aliphatic heterocycles. The van der Waals surface area contributed by atoms with Gasteiger partial charge in [-0.05, 0) is 60.0 Å². The van der Waals surface area contributed by atoms with Crippen LogP contribution in [-0.4, -0.2) is 24.4 Å². The van der Waals surface area contributed by atoms with E-state index in [1.807, 2.05) is 41.3 Å². The third kappa shape index (κ3) is 3.91. The Labute approximate surface area is 190 Å². The Kier molecular flexibility index (Phi) is 5.49. The number of hydrogen-bond donors (Lipinski definition) is 1. The molecular formula is C25H22N2O4S. The first kappa shape index (κ1) is 20.5. The SMILES string of the molecule is CCc1ccc(N2C(=O)CSC2c2ccc(NC(=O)c3ccc4c(c3)OCO4)cc2)cc1. The average Bonchev–Trinajstić information content (AvgIpc) is 3.45. The number of fused-ring (bicyclic) bond motifs is 1. The summed E-state index contributed by atoms with van der Waals surface area (Å²) >= 11 is 1.61. The summed E-state index contributed by atoms with van der Waals surface area (Å²) in [7, 11) is 0. The van der Waals surface area contributed by atoms with Gasteiger partial charge in [-0.15, -0.1) is 11.8 Å². The molecule has 0 aliphatic carbocycles. The van der Waals surface area contributed by atoms with Gasteiger partial charge in [0.05, 0.1) is 5.75 Å². The fourth-order valence-electron chi connectivity index (χ4n) is 3.81. The van der Waals surface area contributed by atoms with E-state index in [4.69, 9.17) is 9.47 Å². The normalized spacial score (nSPS) is 17.0. The van der Waals surface area contributed by atoms with E-state index in [0.29, 0.717) is 28.5 Å². The fraction of sp³-hybridized carbons (Fsp3) is 0.200. The van der Waals surface area contributed by atoms with Crippen molar-refractivity contribution in [3.05, 3.63) is 83.4 Å². The van der Waals surface area contributed by atoms with Crippen LogP contribution < -0.4 is 19.7 Å². The highest BCUT2D eigenvalue weighted by molar-refractivity contribution is 8.00. The van der Waals surface area contributed by atoms with Gasteiger partial charge in [-0.25, -0.2) is 0 Å². The minimum absolute atomic E-state index is 0.0893. The van der Waals surface area contributed by atoms with Crippen molar-refractivity contribution in [2.45, 2.75) is 18.7 Å². The smallest absolute Gasteiger partial charge is 0.255 e. The highest BCUT2D eigenvalue weighted by atomic mass is 32.2. The summed E-state index contributed by atoms with van der Waals surface area (Å²) in [5.74, 6) is 1.54. The molecule has 1 unspecified atom stereocenters. The van der Waals surface area contributed by atoms with Gasteiger partial charge in [-0.3, -0.25) is 14.5 Å². The Balaban J connectivity index is 1.31. The highest BCUT2D eigenvalue weighted by Crippen LogP contribution is 2.42. The molecule has 2 amide bonds. The van der Waals surface area contributed by atoms with Crippen LogP contribution in [0.2, 0.25) is 0 Å². The fourth-order valence-corrected chi connectivity index (χ4v) is 4.99. The zero-order valence-electron chi connectivity index (χ0n) is 17.5. The van der Waals surface area contributed by atoms with Gasteiger partial charge >= 0.3 is 0 Å². The van der Waals surface area contributed by atoms with Crippen LogP contribution in [0.3, 0.4) is 0 Å². The second-order valence-electron chi connectivity index (χ2n) is 7.59. The predicted octanol–water partition coefficient (Wildman–Crippen LogP) is 5.01. The summed E-state index contributed by atoms with van der Waals surface area (Å²) in [5.41, 5.74) is 4.34. The van der Waals surface area contributed by atoms with E-state index >= 15 is 0 Å². The number of anilines is 2. The molecule has 0 spiro atoms. The largest absolute Gasteiger partial charge is 0.454 e. The average molecular weight is 447 g/mol. The first-order valence-electron chi connectivity index (χ1n) is 10.5. The number of rotatable bonds is 5. The van der Waals surface area contributed by atoms with E-state index < -0.39 is 0 Å². The van der Waals surface area contributed by atoms with E-state index in [9.17, 15) is 9.59 Å². The van der Waals surface area contributed by atoms with Crippen molar-refractivity contribution in [3.63, 3.8) is 0 Å². The summed E-state index contributed by atoms with van der Waals surface area (Å²) in [5, 5.41) is 2.82. The molecule has 7 heteroatoms. The van der Waals surface area contributed by atoms with Gasteiger partial charge in [-0.2, -0.15) is 0 Å². The van der Waals surface area contributed by atoms with Crippen molar-refractivity contribution in [1.29, 1.82) is 0 Å². The van der Waals surface area contributed by atoms with Crippen LogP contribution in [0.4, 0.5) is 11.4 Å². The molecule has 1 atom stereocenters. The van der Waals surface area contributed by atoms with Crippen LogP contribution in [0.25, 0.3) is 0 Å². The second-order valence-corrected chi connectivity index (χ2v) is 8.66. The van der Waals surface area contributed by atoms with Crippen LogP contribution in [0.5, 0.6) is 11.5 Å². The van der Waals surface area contributed by atoms with Gasteiger partial charge in [0.25, 0.3) is 5.91 Å². The van der Waals surface area contributed by atoms with E-state index in [2.05, 4.69) is 24.4 Å². The Morgan fingerprint density at radius 1 is 1.03 bits per heavy atom. The number of carbonyl (C=O) groups is 2. The van der Waals surface area contributed by atoms with Gasteiger partial charge in [0.1, 0.15) is 5.37 Å². The summed E-state index contributed by atoms with van der Waals surface area (Å²) in [6.07, 6.45) is 0.964. The van der Waals surface area contributed by atoms with Gasteiger partial charge in [0.15, 0.2) is 11.5 Å². The van der Waals surface area contributed by atoms with Crippen molar-refractivity contribution in [2.75, 3.05) is 22.8 Å². The molecule has 1 saturated heterocycles. The van der Waals surface area contributed by atoms with Crippen molar-refractivity contribution >= 4 is 35.0 Å². The number of carbonyl (C=O) groups excluding carboxylic acids is 2. The summed E-state index contributed by atoms with van der Waals surface area (Å²) in [4.78, 5) is 27.1. The Morgan fingerprint density at radius 2 is 1.78 bits per heavy atom. The number of ether oxygens (including phenoxy) is 2. The van der Waals surface area contributed by atoms with E-state index in [1.54, 1.807) is 30.0 Å². The first-order chi connectivity index (χ1) is 15.6. The maximum atomic E-state index is 12.6. The number of aryl methyl sites for hydroxylation is 1.